The molecule has 5 rings (SSSR count). The van der Waals surface area contributed by atoms with Crippen LogP contribution in [0.3, 0.4) is 0 Å². The Labute approximate surface area is 402 Å². The molecule has 378 valence electrons. The van der Waals surface area contributed by atoms with Crippen LogP contribution < -0.4 is 18.9 Å². The molecular weight excluding hydrogens is 893 g/mol. The van der Waals surface area contributed by atoms with E-state index in [4.69, 9.17) is 56.8 Å². The van der Waals surface area contributed by atoms with Gasteiger partial charge in [0.05, 0.1) is 51.8 Å². The predicted molar refractivity (Wildman–Crippen MR) is 265 cm³/mol. The second-order valence-corrected chi connectivity index (χ2v) is 32.1. The molecule has 6 atom stereocenters. The first-order chi connectivity index (χ1) is 31.5. The number of esters is 2. The summed E-state index contributed by atoms with van der Waals surface area (Å²) >= 11 is 0. The number of hydrogen-bond acceptors (Lipinski definition) is 14. The van der Waals surface area contributed by atoms with Gasteiger partial charge in [-0.15, -0.1) is 0 Å². The zero-order valence-corrected chi connectivity index (χ0v) is 45.4. The zero-order chi connectivity index (χ0) is 49.7. The Morgan fingerprint density at radius 2 is 1.12 bits per heavy atom. The fourth-order valence-electron chi connectivity index (χ4n) is 8.26. The Hall–Kier alpha value is -3.49. The number of hydrogen-bond donors (Lipinski definition) is 0. The quantitative estimate of drug-likeness (QED) is 0.0559. The van der Waals surface area contributed by atoms with Crippen LogP contribution in [0.15, 0.2) is 30.3 Å². The van der Waals surface area contributed by atoms with Gasteiger partial charge in [-0.3, -0.25) is 0 Å². The average Bonchev–Trinajstić information content (AvgIpc) is 3.85. The Morgan fingerprint density at radius 3 is 1.61 bits per heavy atom. The predicted octanol–water partition coefficient (Wildman–Crippen LogP) is 11.1. The van der Waals surface area contributed by atoms with Crippen molar-refractivity contribution in [3.8, 4) is 23.0 Å². The molecule has 2 saturated heterocycles. The van der Waals surface area contributed by atoms with Crippen LogP contribution in [0, 0.1) is 5.92 Å². The summed E-state index contributed by atoms with van der Waals surface area (Å²) in [5.41, 5.74) is 2.41. The number of carbonyl (C=O) groups is 2. The summed E-state index contributed by atoms with van der Waals surface area (Å²) in [6, 6.07) is 8.97. The minimum atomic E-state index is -1.33. The Kier molecular flexibility index (Phi) is 20.8. The average molecular weight is 975 g/mol. The maximum atomic E-state index is 13.3. The maximum Gasteiger partial charge on any atom is 0.342 e. The maximum absolute atomic E-state index is 13.3. The third-order valence-electron chi connectivity index (χ3n) is 11.8. The van der Waals surface area contributed by atoms with Crippen LogP contribution in [0.4, 0.5) is 0 Å². The molecule has 3 aliphatic rings. The van der Waals surface area contributed by atoms with Crippen molar-refractivity contribution in [2.24, 2.45) is 5.92 Å². The van der Waals surface area contributed by atoms with E-state index in [1.807, 2.05) is 45.9 Å². The van der Waals surface area contributed by atoms with Gasteiger partial charge in [-0.05, 0) is 107 Å². The van der Waals surface area contributed by atoms with Crippen LogP contribution in [0.5, 0.6) is 23.0 Å². The third kappa shape index (κ3) is 17.5. The normalized spacial score (nSPS) is 23.0. The van der Waals surface area contributed by atoms with E-state index in [9.17, 15) is 9.59 Å². The fourth-order valence-corrected chi connectivity index (χ4v) is 9.69. The lowest BCUT2D eigenvalue weighted by atomic mass is 9.97. The number of rotatable bonds is 24. The number of methoxy groups -OCH3 is 4. The Bertz CT molecular complexity index is 1940. The summed E-state index contributed by atoms with van der Waals surface area (Å²) in [5.74, 6) is 0.715. The van der Waals surface area contributed by atoms with Crippen LogP contribution in [0.2, 0.25) is 51.4 Å². The van der Waals surface area contributed by atoms with E-state index >= 15 is 0 Å². The van der Waals surface area contributed by atoms with Crippen molar-refractivity contribution in [3.05, 3.63) is 52.6 Å². The topological polar surface area (TPSA) is 145 Å². The van der Waals surface area contributed by atoms with Gasteiger partial charge in [0.15, 0.2) is 25.2 Å². The molecule has 2 heterocycles. The van der Waals surface area contributed by atoms with Gasteiger partial charge in [0, 0.05) is 42.5 Å². The minimum absolute atomic E-state index is 0.00597. The van der Waals surface area contributed by atoms with E-state index in [-0.39, 0.29) is 49.9 Å². The molecule has 16 heteroatoms. The molecule has 2 aromatic carbocycles. The molecule has 0 amide bonds. The Morgan fingerprint density at radius 1 is 0.657 bits per heavy atom. The third-order valence-corrected chi connectivity index (χ3v) is 15.2. The molecule has 0 radical (unpaired) electrons. The summed E-state index contributed by atoms with van der Waals surface area (Å²) in [4.78, 5) is 26.4. The first-order valence-electron chi connectivity index (χ1n) is 23.9. The van der Waals surface area contributed by atoms with E-state index < -0.39 is 33.7 Å². The van der Waals surface area contributed by atoms with Crippen molar-refractivity contribution in [1.82, 2.24) is 0 Å². The second-order valence-electron chi connectivity index (χ2n) is 20.9. The number of carbonyl (C=O) groups excluding carboxylic acids is 2. The SMILES string of the molecule is CC[C@H]1OC(C)(C)O[C@H]1C/C=C/c1cc(OC)cc(OCOC)c1C(=O)OCC[Si](C)(C)C.CC[C@H]1OC(C)(C)O[C@H]1CC1CC1c1cc(OC)cc(OCOC)c1C(=O)OCC[Si](C)(C)C. The molecule has 67 heavy (non-hydrogen) atoms. The first kappa shape index (κ1) is 56.1. The molecule has 2 unspecified atom stereocenters. The van der Waals surface area contributed by atoms with Crippen LogP contribution >= 0.6 is 0 Å². The van der Waals surface area contributed by atoms with Crippen LogP contribution in [-0.2, 0) is 37.9 Å². The molecule has 1 aliphatic carbocycles. The van der Waals surface area contributed by atoms with Gasteiger partial charge in [-0.25, -0.2) is 9.59 Å². The lowest BCUT2D eigenvalue weighted by Crippen LogP contribution is -2.23. The summed E-state index contributed by atoms with van der Waals surface area (Å²) < 4.78 is 68.3. The molecule has 2 aliphatic heterocycles. The van der Waals surface area contributed by atoms with Crippen molar-refractivity contribution in [2.45, 2.75) is 167 Å². The highest BCUT2D eigenvalue weighted by Gasteiger charge is 2.48. The highest BCUT2D eigenvalue weighted by molar-refractivity contribution is 6.76. The molecule has 1 saturated carbocycles. The van der Waals surface area contributed by atoms with Crippen molar-refractivity contribution in [1.29, 1.82) is 0 Å². The minimum Gasteiger partial charge on any atom is -0.497 e. The zero-order valence-electron chi connectivity index (χ0n) is 43.4. The van der Waals surface area contributed by atoms with E-state index in [1.54, 1.807) is 39.5 Å². The van der Waals surface area contributed by atoms with Gasteiger partial charge in [0.1, 0.15) is 34.1 Å². The fraction of sp³-hybridized carbons (Fsp3) is 0.686. The monoisotopic (exact) mass is 975 g/mol. The van der Waals surface area contributed by atoms with Crippen molar-refractivity contribution in [3.63, 3.8) is 0 Å². The van der Waals surface area contributed by atoms with Crippen LogP contribution in [0.1, 0.15) is 111 Å². The molecule has 0 aromatic heterocycles. The van der Waals surface area contributed by atoms with Gasteiger partial charge < -0.3 is 56.8 Å². The second kappa shape index (κ2) is 24.9. The van der Waals surface area contributed by atoms with Gasteiger partial charge in [-0.1, -0.05) is 65.3 Å². The van der Waals surface area contributed by atoms with Gasteiger partial charge in [0.25, 0.3) is 0 Å². The number of benzene rings is 2. The molecule has 2 aromatic rings. The summed E-state index contributed by atoms with van der Waals surface area (Å²) in [7, 11) is 3.62. The highest BCUT2D eigenvalue weighted by Crippen LogP contribution is 2.54. The van der Waals surface area contributed by atoms with E-state index in [0.29, 0.717) is 65.2 Å². The lowest BCUT2D eigenvalue weighted by molar-refractivity contribution is -0.147. The van der Waals surface area contributed by atoms with E-state index in [0.717, 1.165) is 43.3 Å². The largest absolute Gasteiger partial charge is 0.497 e. The summed E-state index contributed by atoms with van der Waals surface area (Å²) in [6.45, 7) is 26.4. The summed E-state index contributed by atoms with van der Waals surface area (Å²) in [6.07, 6.45) is 8.29. The first-order valence-corrected chi connectivity index (χ1v) is 31.3. The smallest absolute Gasteiger partial charge is 0.342 e. The molecule has 14 nitrogen and oxygen atoms in total. The lowest BCUT2D eigenvalue weighted by Gasteiger charge is -2.19. The molecular formula is C51H82O14Si2. The molecule has 0 bridgehead atoms. The standard InChI is InChI=1S/C26H42O7Si.C25H40O7Si/c1-9-21-22(33-26(2,3)32-21)13-17-12-19(17)20-14-18(29-5)15-23(31-16-28-4)24(20)25(27)30-10-11-34(6,7)8;1-9-20-21(32-25(2,3)31-20)12-10-11-18-15-19(28-5)16-22(30-17-27-4)23(18)24(26)29-13-14-33(6,7)8/h14-15,17,19,21-22H,9-13,16H2,1-8H3;10-11,15-16,20-21H,9,12-14,17H2,1-8H3/b;11-10+/t17?,19?,21-,22+;20-,21+/m11/s1. The van der Waals surface area contributed by atoms with Crippen LogP contribution in [-0.4, -0.2) is 119 Å². The van der Waals surface area contributed by atoms with Gasteiger partial charge in [-0.2, -0.15) is 0 Å². The van der Waals surface area contributed by atoms with Gasteiger partial charge >= 0.3 is 11.9 Å². The van der Waals surface area contributed by atoms with E-state index in [2.05, 4.69) is 53.1 Å². The molecule has 3 fully saturated rings. The van der Waals surface area contributed by atoms with E-state index in [1.165, 1.54) is 7.11 Å². The van der Waals surface area contributed by atoms with Gasteiger partial charge in [0.2, 0.25) is 0 Å². The Balaban J connectivity index is 0.000000293. The van der Waals surface area contributed by atoms with Crippen molar-refractivity contribution >= 4 is 34.2 Å². The van der Waals surface area contributed by atoms with Crippen molar-refractivity contribution in [2.75, 3.05) is 55.2 Å². The summed E-state index contributed by atoms with van der Waals surface area (Å²) in [5, 5.41) is 0. The van der Waals surface area contributed by atoms with Crippen molar-refractivity contribution < 1.29 is 66.4 Å². The molecule has 0 spiro atoms. The van der Waals surface area contributed by atoms with Crippen LogP contribution in [0.25, 0.3) is 6.08 Å². The highest BCUT2D eigenvalue weighted by atomic mass is 28.3. The number of ether oxygens (including phenoxy) is 12. The molecule has 0 N–H and O–H groups in total.